The molecule has 7 heteroatoms. The Morgan fingerprint density at radius 3 is 2.26 bits per heavy atom. The molecule has 0 amide bonds. The van der Waals surface area contributed by atoms with E-state index in [2.05, 4.69) is 53.8 Å². The Balaban J connectivity index is 2.20. The van der Waals surface area contributed by atoms with E-state index in [0.717, 1.165) is 17.6 Å². The predicted molar refractivity (Wildman–Crippen MR) is 142 cm³/mol. The van der Waals surface area contributed by atoms with E-state index in [0.29, 0.717) is 6.61 Å². The van der Waals surface area contributed by atoms with Crippen LogP contribution in [0, 0.1) is 5.92 Å². The third kappa shape index (κ3) is 8.53. The highest BCUT2D eigenvalue weighted by molar-refractivity contribution is 6.74. The molecule has 1 fully saturated rings. The maximum Gasteiger partial charge on any atom is 0.192 e. The van der Waals surface area contributed by atoms with Crippen LogP contribution in [0.4, 0.5) is 0 Å². The van der Waals surface area contributed by atoms with Gasteiger partial charge in [-0.05, 0) is 62.5 Å². The van der Waals surface area contributed by atoms with Crippen LogP contribution in [0.2, 0.25) is 18.1 Å². The zero-order valence-corrected chi connectivity index (χ0v) is 24.3. The SMILES string of the molecule is COc1ccc(COC(C=C[C@@H](C)[C@H](C)O[Si](C)(C)C(C)(C)C)[C@H]2OC(C)(C)O[C@H]2CC=O)cc1. The lowest BCUT2D eigenvalue weighted by atomic mass is 10.0. The fraction of sp³-hybridized carbons (Fsp3) is 0.679. The molecule has 0 aliphatic carbocycles. The summed E-state index contributed by atoms with van der Waals surface area (Å²) in [6.45, 7) is 19.7. The van der Waals surface area contributed by atoms with E-state index in [1.54, 1.807) is 7.11 Å². The van der Waals surface area contributed by atoms with Gasteiger partial charge >= 0.3 is 0 Å². The van der Waals surface area contributed by atoms with Gasteiger partial charge in [-0.15, -0.1) is 0 Å². The standard InChI is InChI=1S/C28H46O6Si/c1-20(21(2)34-35(9,10)27(3,4)5)11-16-24(26-25(17-18-29)32-28(6,7)33-26)31-19-22-12-14-23(30-8)15-13-22/h11-16,18,20-21,24-26H,17,19H2,1-10H3/t20-,21+,24?,25+,26-/m1/s1. The molecular weight excluding hydrogens is 460 g/mol. The van der Waals surface area contributed by atoms with Crippen molar-refractivity contribution in [2.24, 2.45) is 5.92 Å². The van der Waals surface area contributed by atoms with Crippen LogP contribution < -0.4 is 4.74 Å². The summed E-state index contributed by atoms with van der Waals surface area (Å²) in [6.07, 6.45) is 4.24. The average molecular weight is 507 g/mol. The number of ether oxygens (including phenoxy) is 4. The quantitative estimate of drug-likeness (QED) is 0.189. The lowest BCUT2D eigenvalue weighted by Crippen LogP contribution is -2.44. The molecule has 0 saturated carbocycles. The Hall–Kier alpha value is -1.51. The number of carbonyl (C=O) groups excluding carboxylic acids is 1. The molecule has 1 unspecified atom stereocenters. The summed E-state index contributed by atoms with van der Waals surface area (Å²) < 4.78 is 30.4. The van der Waals surface area contributed by atoms with Gasteiger partial charge in [-0.2, -0.15) is 0 Å². The second-order valence-electron chi connectivity index (χ2n) is 11.5. The molecule has 0 radical (unpaired) electrons. The highest BCUT2D eigenvalue weighted by Crippen LogP contribution is 2.38. The summed E-state index contributed by atoms with van der Waals surface area (Å²) in [5.74, 6) is 0.198. The maximum atomic E-state index is 11.3. The van der Waals surface area contributed by atoms with E-state index in [1.165, 1.54) is 0 Å². The summed E-state index contributed by atoms with van der Waals surface area (Å²) in [5, 5.41) is 0.150. The molecule has 0 aromatic heterocycles. The summed E-state index contributed by atoms with van der Waals surface area (Å²) >= 11 is 0. The van der Waals surface area contributed by atoms with Crippen molar-refractivity contribution in [3.8, 4) is 5.75 Å². The lowest BCUT2D eigenvalue weighted by molar-refractivity contribution is -0.156. The smallest absolute Gasteiger partial charge is 0.192 e. The minimum Gasteiger partial charge on any atom is -0.497 e. The lowest BCUT2D eigenvalue weighted by Gasteiger charge is -2.39. The summed E-state index contributed by atoms with van der Waals surface area (Å²) in [4.78, 5) is 11.3. The van der Waals surface area contributed by atoms with Crippen molar-refractivity contribution in [2.45, 2.75) is 110 Å². The van der Waals surface area contributed by atoms with E-state index < -0.39 is 20.2 Å². The Morgan fingerprint density at radius 1 is 1.09 bits per heavy atom. The molecule has 5 atom stereocenters. The number of benzene rings is 1. The van der Waals surface area contributed by atoms with Crippen molar-refractivity contribution in [3.05, 3.63) is 42.0 Å². The molecule has 35 heavy (non-hydrogen) atoms. The molecule has 0 bridgehead atoms. The van der Waals surface area contributed by atoms with Crippen LogP contribution in [0.1, 0.15) is 60.5 Å². The first kappa shape index (κ1) is 29.7. The summed E-state index contributed by atoms with van der Waals surface area (Å²) in [5.41, 5.74) is 1.02. The molecule has 0 spiro atoms. The fourth-order valence-electron chi connectivity index (χ4n) is 3.78. The number of hydrogen-bond donors (Lipinski definition) is 0. The minimum absolute atomic E-state index is 0.0670. The average Bonchev–Trinajstić information content (AvgIpc) is 3.07. The fourth-order valence-corrected chi connectivity index (χ4v) is 5.28. The molecule has 1 aromatic rings. The number of rotatable bonds is 12. The predicted octanol–water partition coefficient (Wildman–Crippen LogP) is 6.29. The number of carbonyl (C=O) groups is 1. The zero-order valence-electron chi connectivity index (χ0n) is 23.3. The van der Waals surface area contributed by atoms with Crippen LogP contribution in [0.3, 0.4) is 0 Å². The molecule has 1 aliphatic rings. The third-order valence-electron chi connectivity index (χ3n) is 7.11. The molecule has 1 aromatic carbocycles. The Morgan fingerprint density at radius 2 is 1.71 bits per heavy atom. The number of aldehydes is 1. The van der Waals surface area contributed by atoms with Crippen LogP contribution in [-0.2, 0) is 30.0 Å². The Bertz CT molecular complexity index is 827. The monoisotopic (exact) mass is 506 g/mol. The van der Waals surface area contributed by atoms with Crippen LogP contribution >= 0.6 is 0 Å². The van der Waals surface area contributed by atoms with Crippen LogP contribution in [-0.4, -0.2) is 51.9 Å². The van der Waals surface area contributed by atoms with Gasteiger partial charge in [-0.1, -0.05) is 52.0 Å². The van der Waals surface area contributed by atoms with Crippen molar-refractivity contribution < 1.29 is 28.2 Å². The van der Waals surface area contributed by atoms with Gasteiger partial charge in [0.05, 0.1) is 19.8 Å². The van der Waals surface area contributed by atoms with Gasteiger partial charge in [0, 0.05) is 12.5 Å². The molecular formula is C28H46O6Si. The second kappa shape index (κ2) is 12.1. The maximum absolute atomic E-state index is 11.3. The van der Waals surface area contributed by atoms with Gasteiger partial charge in [-0.25, -0.2) is 0 Å². The summed E-state index contributed by atoms with van der Waals surface area (Å²) in [7, 11) is -0.231. The highest BCUT2D eigenvalue weighted by atomic mass is 28.4. The Labute approximate surface area is 213 Å². The number of methoxy groups -OCH3 is 1. The molecule has 1 saturated heterocycles. The van der Waals surface area contributed by atoms with E-state index >= 15 is 0 Å². The van der Waals surface area contributed by atoms with Crippen molar-refractivity contribution in [1.82, 2.24) is 0 Å². The van der Waals surface area contributed by atoms with E-state index in [1.807, 2.05) is 44.2 Å². The van der Waals surface area contributed by atoms with E-state index in [-0.39, 0.29) is 35.7 Å². The van der Waals surface area contributed by atoms with Crippen molar-refractivity contribution in [1.29, 1.82) is 0 Å². The third-order valence-corrected chi connectivity index (χ3v) is 11.7. The molecule has 2 rings (SSSR count). The van der Waals surface area contributed by atoms with E-state index in [9.17, 15) is 4.79 Å². The second-order valence-corrected chi connectivity index (χ2v) is 16.2. The van der Waals surface area contributed by atoms with Gasteiger partial charge < -0.3 is 28.2 Å². The first-order valence-electron chi connectivity index (χ1n) is 12.6. The topological polar surface area (TPSA) is 63.2 Å². The van der Waals surface area contributed by atoms with Crippen molar-refractivity contribution in [2.75, 3.05) is 7.11 Å². The molecule has 198 valence electrons. The molecule has 1 heterocycles. The van der Waals surface area contributed by atoms with Crippen LogP contribution in [0.15, 0.2) is 36.4 Å². The first-order valence-corrected chi connectivity index (χ1v) is 15.5. The summed E-state index contributed by atoms with van der Waals surface area (Å²) in [6, 6.07) is 7.80. The van der Waals surface area contributed by atoms with Gasteiger partial charge in [0.1, 0.15) is 24.2 Å². The van der Waals surface area contributed by atoms with Gasteiger partial charge in [-0.3, -0.25) is 0 Å². The van der Waals surface area contributed by atoms with Crippen molar-refractivity contribution in [3.63, 3.8) is 0 Å². The van der Waals surface area contributed by atoms with Gasteiger partial charge in [0.2, 0.25) is 0 Å². The van der Waals surface area contributed by atoms with Crippen LogP contribution in [0.25, 0.3) is 0 Å². The zero-order chi connectivity index (χ0) is 26.4. The van der Waals surface area contributed by atoms with Crippen LogP contribution in [0.5, 0.6) is 5.75 Å². The molecule has 6 nitrogen and oxygen atoms in total. The highest BCUT2D eigenvalue weighted by Gasteiger charge is 2.45. The molecule has 1 aliphatic heterocycles. The normalized spacial score (nSPS) is 23.3. The van der Waals surface area contributed by atoms with Gasteiger partial charge in [0.15, 0.2) is 14.1 Å². The Kier molecular flexibility index (Phi) is 10.3. The first-order chi connectivity index (χ1) is 16.2. The van der Waals surface area contributed by atoms with Crippen molar-refractivity contribution >= 4 is 14.6 Å². The molecule has 0 N–H and O–H groups in total. The van der Waals surface area contributed by atoms with E-state index in [4.69, 9.17) is 23.4 Å². The number of hydrogen-bond acceptors (Lipinski definition) is 6. The largest absolute Gasteiger partial charge is 0.497 e. The van der Waals surface area contributed by atoms with Gasteiger partial charge in [0.25, 0.3) is 0 Å². The minimum atomic E-state index is -1.88.